The highest BCUT2D eigenvalue weighted by Crippen LogP contribution is 2.35. The number of anilines is 1. The van der Waals surface area contributed by atoms with Crippen molar-refractivity contribution in [3.05, 3.63) is 89.5 Å². The summed E-state index contributed by atoms with van der Waals surface area (Å²) in [6.45, 7) is 2.29. The van der Waals surface area contributed by atoms with Crippen LogP contribution >= 0.6 is 11.3 Å². The van der Waals surface area contributed by atoms with Crippen molar-refractivity contribution in [3.8, 4) is 5.75 Å². The van der Waals surface area contributed by atoms with Crippen molar-refractivity contribution >= 4 is 44.4 Å². The lowest BCUT2D eigenvalue weighted by atomic mass is 10.1. The van der Waals surface area contributed by atoms with E-state index in [-0.39, 0.29) is 13.1 Å². The molecular formula is C26H21N3O4S. The summed E-state index contributed by atoms with van der Waals surface area (Å²) in [4.78, 5) is 46.4. The molecule has 0 radical (unpaired) electrons. The minimum absolute atomic E-state index is 0.257. The Labute approximate surface area is 200 Å². The number of nitrogens with zero attached hydrogens (tertiary/aromatic N) is 3. The van der Waals surface area contributed by atoms with E-state index in [1.807, 2.05) is 55.5 Å². The molecule has 2 heterocycles. The summed E-state index contributed by atoms with van der Waals surface area (Å²) in [6.07, 6.45) is 0. The molecule has 0 spiro atoms. The summed E-state index contributed by atoms with van der Waals surface area (Å²) in [5.74, 6) is -0.668. The van der Waals surface area contributed by atoms with Crippen molar-refractivity contribution in [1.82, 2.24) is 9.88 Å². The van der Waals surface area contributed by atoms with Gasteiger partial charge in [-0.3, -0.25) is 24.2 Å². The standard InChI is InChI=1S/C26H21N3O4S/c1-2-33-20-13-8-14-21-23(20)27-26(34-21)28(15-17-9-4-3-5-10-17)22(30)16-29-24(31)18-11-6-7-12-19(18)25(29)32/h3-14H,2,15-16H2,1H3. The van der Waals surface area contributed by atoms with Gasteiger partial charge >= 0.3 is 0 Å². The average Bonchev–Trinajstić information content (AvgIpc) is 3.39. The normalized spacial score (nSPS) is 12.8. The monoisotopic (exact) mass is 471 g/mol. The molecule has 1 aliphatic heterocycles. The number of carbonyl (C=O) groups is 3. The van der Waals surface area contributed by atoms with Crippen LogP contribution in [0.2, 0.25) is 0 Å². The summed E-state index contributed by atoms with van der Waals surface area (Å²) in [6, 6.07) is 21.8. The molecule has 1 aliphatic rings. The minimum Gasteiger partial charge on any atom is -0.492 e. The fourth-order valence-electron chi connectivity index (χ4n) is 3.93. The number of carbonyl (C=O) groups excluding carboxylic acids is 3. The van der Waals surface area contributed by atoms with Gasteiger partial charge in [0, 0.05) is 0 Å². The summed E-state index contributed by atoms with van der Waals surface area (Å²) in [5.41, 5.74) is 2.21. The van der Waals surface area contributed by atoms with Gasteiger partial charge in [0.1, 0.15) is 17.8 Å². The van der Waals surface area contributed by atoms with Crippen molar-refractivity contribution < 1.29 is 19.1 Å². The summed E-state index contributed by atoms with van der Waals surface area (Å²) in [5, 5.41) is 0.479. The van der Waals surface area contributed by atoms with E-state index in [1.54, 1.807) is 24.3 Å². The molecule has 0 saturated heterocycles. The molecule has 8 heteroatoms. The zero-order valence-electron chi connectivity index (χ0n) is 18.4. The van der Waals surface area contributed by atoms with Crippen molar-refractivity contribution in [2.24, 2.45) is 0 Å². The van der Waals surface area contributed by atoms with Crippen LogP contribution in [0.15, 0.2) is 72.8 Å². The molecule has 4 aromatic rings. The van der Waals surface area contributed by atoms with Gasteiger partial charge in [0.25, 0.3) is 11.8 Å². The molecule has 0 saturated carbocycles. The maximum atomic E-state index is 13.5. The number of benzene rings is 3. The Kier molecular flexibility index (Phi) is 5.81. The van der Waals surface area contributed by atoms with Gasteiger partial charge in [-0.15, -0.1) is 0 Å². The van der Waals surface area contributed by atoms with E-state index in [0.29, 0.717) is 34.1 Å². The predicted molar refractivity (Wildman–Crippen MR) is 130 cm³/mol. The number of amides is 3. The Morgan fingerprint density at radius 2 is 1.62 bits per heavy atom. The molecule has 3 aromatic carbocycles. The van der Waals surface area contributed by atoms with Gasteiger partial charge < -0.3 is 4.74 Å². The molecule has 0 atom stereocenters. The first-order chi connectivity index (χ1) is 16.6. The number of imide groups is 1. The SMILES string of the molecule is CCOc1cccc2sc(N(Cc3ccccc3)C(=O)CN3C(=O)c4ccccc4C3=O)nc12. The lowest BCUT2D eigenvalue weighted by Crippen LogP contribution is -2.42. The van der Waals surface area contributed by atoms with E-state index < -0.39 is 17.7 Å². The maximum Gasteiger partial charge on any atom is 0.262 e. The van der Waals surface area contributed by atoms with Crippen LogP contribution in [-0.2, 0) is 11.3 Å². The van der Waals surface area contributed by atoms with E-state index in [4.69, 9.17) is 9.72 Å². The summed E-state index contributed by atoms with van der Waals surface area (Å²) in [7, 11) is 0. The molecule has 0 aliphatic carbocycles. The van der Waals surface area contributed by atoms with E-state index in [9.17, 15) is 14.4 Å². The first-order valence-corrected chi connectivity index (χ1v) is 11.7. The number of para-hydroxylation sites is 1. The van der Waals surface area contributed by atoms with Gasteiger partial charge in [0.2, 0.25) is 5.91 Å². The lowest BCUT2D eigenvalue weighted by molar-refractivity contribution is -0.119. The van der Waals surface area contributed by atoms with Gasteiger partial charge in [0.15, 0.2) is 5.13 Å². The number of rotatable bonds is 7. The third kappa shape index (κ3) is 3.92. The summed E-state index contributed by atoms with van der Waals surface area (Å²) < 4.78 is 6.59. The van der Waals surface area contributed by atoms with Crippen LogP contribution in [0.1, 0.15) is 33.2 Å². The lowest BCUT2D eigenvalue weighted by Gasteiger charge is -2.22. The number of hydrogen-bond donors (Lipinski definition) is 0. The van der Waals surface area contributed by atoms with Crippen molar-refractivity contribution in [2.45, 2.75) is 13.5 Å². The Morgan fingerprint density at radius 1 is 0.941 bits per heavy atom. The predicted octanol–water partition coefficient (Wildman–Crippen LogP) is 4.52. The third-order valence-corrected chi connectivity index (χ3v) is 6.60. The van der Waals surface area contributed by atoms with Crippen LogP contribution in [0.4, 0.5) is 5.13 Å². The highest BCUT2D eigenvalue weighted by molar-refractivity contribution is 7.22. The van der Waals surface area contributed by atoms with Crippen LogP contribution in [0, 0.1) is 0 Å². The van der Waals surface area contributed by atoms with Crippen LogP contribution in [0.3, 0.4) is 0 Å². The van der Waals surface area contributed by atoms with Crippen LogP contribution < -0.4 is 9.64 Å². The molecule has 3 amide bonds. The van der Waals surface area contributed by atoms with Gasteiger partial charge in [0.05, 0.1) is 29.0 Å². The topological polar surface area (TPSA) is 79.8 Å². The largest absolute Gasteiger partial charge is 0.492 e. The molecule has 0 N–H and O–H groups in total. The van der Waals surface area contributed by atoms with Crippen LogP contribution in [0.5, 0.6) is 5.75 Å². The summed E-state index contributed by atoms with van der Waals surface area (Å²) >= 11 is 1.37. The Bertz CT molecular complexity index is 1360. The number of hydrogen-bond acceptors (Lipinski definition) is 6. The first-order valence-electron chi connectivity index (χ1n) is 10.9. The smallest absolute Gasteiger partial charge is 0.262 e. The second kappa shape index (κ2) is 9.07. The molecule has 0 fully saturated rings. The minimum atomic E-state index is -0.462. The van der Waals surface area contributed by atoms with Crippen LogP contribution in [0.25, 0.3) is 10.2 Å². The first kappa shape index (κ1) is 21.8. The molecular weight excluding hydrogens is 450 g/mol. The van der Waals surface area contributed by atoms with Gasteiger partial charge in [-0.05, 0) is 36.8 Å². The Morgan fingerprint density at radius 3 is 2.29 bits per heavy atom. The van der Waals surface area contributed by atoms with E-state index >= 15 is 0 Å². The number of ether oxygens (including phenoxy) is 1. The highest BCUT2D eigenvalue weighted by Gasteiger charge is 2.37. The van der Waals surface area contributed by atoms with Crippen LogP contribution in [-0.4, -0.2) is 40.8 Å². The number of thiazole rings is 1. The third-order valence-electron chi connectivity index (χ3n) is 5.56. The quantitative estimate of drug-likeness (QED) is 0.370. The zero-order valence-corrected chi connectivity index (χ0v) is 19.2. The second-order valence-corrected chi connectivity index (χ2v) is 8.75. The molecule has 170 valence electrons. The molecule has 0 bridgehead atoms. The molecule has 7 nitrogen and oxygen atoms in total. The Balaban J connectivity index is 1.49. The maximum absolute atomic E-state index is 13.5. The number of fused-ring (bicyclic) bond motifs is 2. The fraction of sp³-hybridized carbons (Fsp3) is 0.154. The molecule has 34 heavy (non-hydrogen) atoms. The Hall–Kier alpha value is -4.04. The van der Waals surface area contributed by atoms with Crippen molar-refractivity contribution in [1.29, 1.82) is 0 Å². The highest BCUT2D eigenvalue weighted by atomic mass is 32.1. The molecule has 5 rings (SSSR count). The average molecular weight is 472 g/mol. The fourth-order valence-corrected chi connectivity index (χ4v) is 4.93. The second-order valence-electron chi connectivity index (χ2n) is 7.74. The number of aromatic nitrogens is 1. The van der Waals surface area contributed by atoms with E-state index in [1.165, 1.54) is 16.2 Å². The van der Waals surface area contributed by atoms with Gasteiger partial charge in [-0.25, -0.2) is 4.98 Å². The van der Waals surface area contributed by atoms with E-state index in [2.05, 4.69) is 0 Å². The van der Waals surface area contributed by atoms with Crippen molar-refractivity contribution in [2.75, 3.05) is 18.1 Å². The molecule has 0 unspecified atom stereocenters. The van der Waals surface area contributed by atoms with Gasteiger partial charge in [-0.2, -0.15) is 0 Å². The van der Waals surface area contributed by atoms with Gasteiger partial charge in [-0.1, -0.05) is 59.9 Å². The van der Waals surface area contributed by atoms with Crippen molar-refractivity contribution in [3.63, 3.8) is 0 Å². The zero-order chi connectivity index (χ0) is 23.7. The molecule has 1 aromatic heterocycles. The van der Waals surface area contributed by atoms with E-state index in [0.717, 1.165) is 15.2 Å².